The molecule has 1 heterocycles. The van der Waals surface area contributed by atoms with E-state index in [1.54, 1.807) is 19.1 Å². The average Bonchev–Trinajstić information content (AvgIpc) is 2.66. The quantitative estimate of drug-likeness (QED) is 0.615. The van der Waals surface area contributed by atoms with E-state index in [1.807, 2.05) is 27.7 Å². The minimum Gasteiger partial charge on any atom is -0.466 e. The Balaban J connectivity index is 2.27. The Morgan fingerprint density at radius 1 is 1.17 bits per heavy atom. The third-order valence-electron chi connectivity index (χ3n) is 4.59. The zero-order valence-corrected chi connectivity index (χ0v) is 14.4. The van der Waals surface area contributed by atoms with Gasteiger partial charge >= 0.3 is 13.1 Å². The summed E-state index contributed by atoms with van der Waals surface area (Å²) < 4.78 is 30.4. The topological polar surface area (TPSA) is 44.8 Å². The van der Waals surface area contributed by atoms with Gasteiger partial charge in [0.15, 0.2) is 0 Å². The molecule has 6 heteroatoms. The molecule has 1 saturated heterocycles. The standard InChI is InChI=1S/C17H24BFO4/c1-6-21-15(20)11-14(12-7-9-13(19)10-8-12)18-22-16(2,3)17(4,5)23-18/h7-10,14H,6,11H2,1-5H3. The average molecular weight is 322 g/mol. The van der Waals surface area contributed by atoms with Gasteiger partial charge in [0.1, 0.15) is 5.82 Å². The lowest BCUT2D eigenvalue weighted by Gasteiger charge is -2.32. The van der Waals surface area contributed by atoms with Crippen molar-refractivity contribution in [3.8, 4) is 0 Å². The first-order valence-electron chi connectivity index (χ1n) is 7.93. The molecule has 1 fully saturated rings. The normalized spacial score (nSPS) is 20.3. The molecule has 1 unspecified atom stereocenters. The molecule has 0 radical (unpaired) electrons. The summed E-state index contributed by atoms with van der Waals surface area (Å²) in [5, 5.41) is 0. The van der Waals surface area contributed by atoms with Crippen LogP contribution in [0.4, 0.5) is 4.39 Å². The lowest BCUT2D eigenvalue weighted by atomic mass is 9.66. The molecule has 0 bridgehead atoms. The number of esters is 1. The van der Waals surface area contributed by atoms with Crippen LogP contribution in [-0.4, -0.2) is 30.9 Å². The highest BCUT2D eigenvalue weighted by Crippen LogP contribution is 2.41. The largest absolute Gasteiger partial charge is 0.466 e. The minimum atomic E-state index is -0.588. The first-order valence-corrected chi connectivity index (χ1v) is 7.93. The van der Waals surface area contributed by atoms with E-state index in [4.69, 9.17) is 14.0 Å². The summed E-state index contributed by atoms with van der Waals surface area (Å²) in [6.07, 6.45) is 0.121. The Labute approximate surface area is 137 Å². The summed E-state index contributed by atoms with van der Waals surface area (Å²) in [4.78, 5) is 12.0. The highest BCUT2D eigenvalue weighted by Gasteiger charge is 2.54. The highest BCUT2D eigenvalue weighted by molar-refractivity contribution is 6.48. The van der Waals surface area contributed by atoms with Crippen molar-refractivity contribution in [1.82, 2.24) is 0 Å². The van der Waals surface area contributed by atoms with Gasteiger partial charge in [-0.15, -0.1) is 0 Å². The molecule has 0 aromatic heterocycles. The molecule has 2 rings (SSSR count). The summed E-state index contributed by atoms with van der Waals surface area (Å²) >= 11 is 0. The van der Waals surface area contributed by atoms with E-state index in [9.17, 15) is 9.18 Å². The number of ether oxygens (including phenoxy) is 1. The van der Waals surface area contributed by atoms with Crippen LogP contribution < -0.4 is 0 Å². The number of hydrogen-bond acceptors (Lipinski definition) is 4. The Morgan fingerprint density at radius 2 is 1.70 bits per heavy atom. The van der Waals surface area contributed by atoms with Crippen molar-refractivity contribution in [1.29, 1.82) is 0 Å². The van der Waals surface area contributed by atoms with Crippen LogP contribution in [0.5, 0.6) is 0 Å². The molecule has 1 aromatic carbocycles. The van der Waals surface area contributed by atoms with Crippen LogP contribution >= 0.6 is 0 Å². The van der Waals surface area contributed by atoms with Gasteiger partial charge in [0.05, 0.1) is 24.2 Å². The number of halogens is 1. The van der Waals surface area contributed by atoms with Crippen molar-refractivity contribution in [2.45, 2.75) is 58.1 Å². The van der Waals surface area contributed by atoms with Crippen LogP contribution in [0, 0.1) is 5.82 Å². The van der Waals surface area contributed by atoms with Crippen molar-refractivity contribution in [3.05, 3.63) is 35.6 Å². The van der Waals surface area contributed by atoms with E-state index < -0.39 is 18.3 Å². The molecule has 0 amide bonds. The van der Waals surface area contributed by atoms with Crippen LogP contribution in [0.3, 0.4) is 0 Å². The molecular weight excluding hydrogens is 298 g/mol. The Kier molecular flexibility index (Phi) is 5.16. The monoisotopic (exact) mass is 322 g/mol. The number of hydrogen-bond donors (Lipinski definition) is 0. The number of carbonyl (C=O) groups excluding carboxylic acids is 1. The Hall–Kier alpha value is -1.40. The number of carbonyl (C=O) groups is 1. The predicted octanol–water partition coefficient (Wildman–Crippen LogP) is 3.49. The van der Waals surface area contributed by atoms with Crippen molar-refractivity contribution in [3.63, 3.8) is 0 Å². The number of rotatable bonds is 5. The fourth-order valence-corrected chi connectivity index (χ4v) is 2.53. The zero-order valence-electron chi connectivity index (χ0n) is 14.4. The molecule has 0 aliphatic carbocycles. The van der Waals surface area contributed by atoms with Crippen molar-refractivity contribution in [2.75, 3.05) is 6.61 Å². The third-order valence-corrected chi connectivity index (χ3v) is 4.59. The molecule has 23 heavy (non-hydrogen) atoms. The first kappa shape index (κ1) is 18.0. The van der Waals surface area contributed by atoms with Crippen LogP contribution in [0.2, 0.25) is 0 Å². The maximum absolute atomic E-state index is 13.2. The highest BCUT2D eigenvalue weighted by atomic mass is 19.1. The summed E-state index contributed by atoms with van der Waals surface area (Å²) in [6.45, 7) is 9.91. The third kappa shape index (κ3) is 3.93. The smallest absolute Gasteiger partial charge is 0.466 e. The minimum absolute atomic E-state index is 0.121. The van der Waals surface area contributed by atoms with Crippen LogP contribution in [0.25, 0.3) is 0 Å². The SMILES string of the molecule is CCOC(=O)CC(B1OC(C)(C)C(C)(C)O1)c1ccc(F)cc1. The lowest BCUT2D eigenvalue weighted by Crippen LogP contribution is -2.41. The van der Waals surface area contributed by atoms with Crippen LogP contribution in [-0.2, 0) is 18.8 Å². The van der Waals surface area contributed by atoms with Crippen molar-refractivity contribution in [2.24, 2.45) is 0 Å². The van der Waals surface area contributed by atoms with E-state index in [0.29, 0.717) is 6.61 Å². The second-order valence-corrected chi connectivity index (χ2v) is 6.79. The summed E-state index contributed by atoms with van der Waals surface area (Å²) in [5.74, 6) is -0.996. The van der Waals surface area contributed by atoms with Gasteiger partial charge in [0.2, 0.25) is 0 Å². The number of benzene rings is 1. The molecule has 0 spiro atoms. The van der Waals surface area contributed by atoms with Crippen molar-refractivity contribution >= 4 is 13.1 Å². The molecule has 0 saturated carbocycles. The Bertz CT molecular complexity index is 540. The lowest BCUT2D eigenvalue weighted by molar-refractivity contribution is -0.143. The second-order valence-electron chi connectivity index (χ2n) is 6.79. The fourth-order valence-electron chi connectivity index (χ4n) is 2.53. The maximum atomic E-state index is 13.2. The molecule has 1 aromatic rings. The molecular formula is C17H24BFO4. The van der Waals surface area contributed by atoms with Gasteiger partial charge in [-0.2, -0.15) is 0 Å². The predicted molar refractivity (Wildman–Crippen MR) is 86.5 cm³/mol. The molecule has 4 nitrogen and oxygen atoms in total. The molecule has 1 aliphatic heterocycles. The second kappa shape index (κ2) is 6.61. The van der Waals surface area contributed by atoms with Crippen molar-refractivity contribution < 1.29 is 23.2 Å². The van der Waals surface area contributed by atoms with E-state index in [1.165, 1.54) is 12.1 Å². The van der Waals surface area contributed by atoms with Gasteiger partial charge in [-0.05, 0) is 52.3 Å². The first-order chi connectivity index (χ1) is 10.7. The summed E-state index contributed by atoms with van der Waals surface area (Å²) in [6, 6.07) is 6.06. The maximum Gasteiger partial charge on any atom is 0.466 e. The van der Waals surface area contributed by atoms with Gasteiger partial charge in [0.25, 0.3) is 0 Å². The van der Waals surface area contributed by atoms with Gasteiger partial charge in [0, 0.05) is 5.82 Å². The van der Waals surface area contributed by atoms with Gasteiger partial charge in [-0.3, -0.25) is 4.79 Å². The van der Waals surface area contributed by atoms with E-state index >= 15 is 0 Å². The molecule has 126 valence electrons. The molecule has 1 aliphatic rings. The van der Waals surface area contributed by atoms with E-state index in [-0.39, 0.29) is 24.0 Å². The van der Waals surface area contributed by atoms with E-state index in [2.05, 4.69) is 0 Å². The summed E-state index contributed by atoms with van der Waals surface area (Å²) in [5.41, 5.74) is -0.201. The van der Waals surface area contributed by atoms with Gasteiger partial charge < -0.3 is 14.0 Å². The van der Waals surface area contributed by atoms with Crippen LogP contribution in [0.1, 0.15) is 52.4 Å². The zero-order chi connectivity index (χ0) is 17.3. The fraction of sp³-hybridized carbons (Fsp3) is 0.588. The molecule has 0 N–H and O–H groups in total. The van der Waals surface area contributed by atoms with E-state index in [0.717, 1.165) is 5.56 Å². The molecule has 1 atom stereocenters. The van der Waals surface area contributed by atoms with Crippen LogP contribution in [0.15, 0.2) is 24.3 Å². The van der Waals surface area contributed by atoms with Gasteiger partial charge in [-0.1, -0.05) is 12.1 Å². The van der Waals surface area contributed by atoms with Gasteiger partial charge in [-0.25, -0.2) is 4.39 Å². The Morgan fingerprint density at radius 3 is 2.17 bits per heavy atom. The summed E-state index contributed by atoms with van der Waals surface area (Å²) in [7, 11) is -0.588.